The van der Waals surface area contributed by atoms with Crippen LogP contribution in [0.2, 0.25) is 20.1 Å². The number of rotatable bonds is 4. The monoisotopic (exact) mass is 419 g/mol. The first kappa shape index (κ1) is 18.1. The van der Waals surface area contributed by atoms with Crippen LogP contribution >= 0.6 is 46.4 Å². The molecule has 5 nitrogen and oxygen atoms in total. The third-order valence-electron chi connectivity index (χ3n) is 3.38. The van der Waals surface area contributed by atoms with E-state index in [4.69, 9.17) is 55.6 Å². The first-order valence-electron chi connectivity index (χ1n) is 6.97. The Hall–Kier alpha value is -1.66. The van der Waals surface area contributed by atoms with Gasteiger partial charge < -0.3 is 9.15 Å². The van der Waals surface area contributed by atoms with Crippen molar-refractivity contribution in [3.8, 4) is 5.75 Å². The second-order valence-corrected chi connectivity index (χ2v) is 6.70. The average molecular weight is 421 g/mol. The molecule has 0 amide bonds. The molecule has 0 saturated carbocycles. The van der Waals surface area contributed by atoms with Gasteiger partial charge in [-0.3, -0.25) is 4.57 Å². The van der Waals surface area contributed by atoms with E-state index in [1.165, 1.54) is 16.7 Å². The van der Waals surface area contributed by atoms with Crippen LogP contribution in [0.3, 0.4) is 0 Å². The molecule has 2 aromatic carbocycles. The molecule has 3 aromatic rings. The molecule has 1 heterocycles. The highest BCUT2D eigenvalue weighted by Crippen LogP contribution is 2.28. The zero-order valence-electron chi connectivity index (χ0n) is 12.4. The highest BCUT2D eigenvalue weighted by Gasteiger charge is 2.14. The van der Waals surface area contributed by atoms with Crippen LogP contribution in [0.1, 0.15) is 0 Å². The standard InChI is InChI=1S/C16H9Cl4NO4/c17-8-1-2-11(19)13(7-8)24-4-3-21-14-10(15(22)25-16(21)23)5-9(18)6-12(14)20/h1-2,5-7H,3-4H2. The van der Waals surface area contributed by atoms with Crippen LogP contribution in [0, 0.1) is 0 Å². The van der Waals surface area contributed by atoms with Gasteiger partial charge in [-0.05, 0) is 24.3 Å². The Morgan fingerprint density at radius 2 is 1.72 bits per heavy atom. The number of halogens is 4. The van der Waals surface area contributed by atoms with Gasteiger partial charge in [-0.1, -0.05) is 46.4 Å². The lowest BCUT2D eigenvalue weighted by Gasteiger charge is -2.12. The van der Waals surface area contributed by atoms with Gasteiger partial charge in [0.15, 0.2) is 0 Å². The van der Waals surface area contributed by atoms with E-state index < -0.39 is 11.4 Å². The van der Waals surface area contributed by atoms with E-state index in [0.717, 1.165) is 0 Å². The summed E-state index contributed by atoms with van der Waals surface area (Å²) in [5, 5.41) is 1.37. The van der Waals surface area contributed by atoms with E-state index in [2.05, 4.69) is 0 Å². The fourth-order valence-electron chi connectivity index (χ4n) is 2.31. The molecule has 0 radical (unpaired) electrons. The SMILES string of the molecule is O=c1oc(=O)n(CCOc2cc(Cl)ccc2Cl)c2c(Cl)cc(Cl)cc12. The summed E-state index contributed by atoms with van der Waals surface area (Å²) in [5.41, 5.74) is -0.576. The smallest absolute Gasteiger partial charge is 0.422 e. The maximum Gasteiger partial charge on any atom is 0.422 e. The molecule has 0 unspecified atom stereocenters. The van der Waals surface area contributed by atoms with Gasteiger partial charge in [0.1, 0.15) is 12.4 Å². The number of hydrogen-bond acceptors (Lipinski definition) is 4. The summed E-state index contributed by atoms with van der Waals surface area (Å²) in [6.45, 7) is 0.144. The third kappa shape index (κ3) is 3.80. The minimum Gasteiger partial charge on any atom is -0.490 e. The van der Waals surface area contributed by atoms with Crippen molar-refractivity contribution in [1.29, 1.82) is 0 Å². The number of ether oxygens (including phenoxy) is 1. The van der Waals surface area contributed by atoms with Crippen LogP contribution in [-0.2, 0) is 6.54 Å². The Morgan fingerprint density at radius 3 is 2.48 bits per heavy atom. The average Bonchev–Trinajstić information content (AvgIpc) is 2.54. The van der Waals surface area contributed by atoms with Crippen molar-refractivity contribution in [3.05, 3.63) is 71.4 Å². The van der Waals surface area contributed by atoms with Crippen molar-refractivity contribution in [3.63, 3.8) is 0 Å². The van der Waals surface area contributed by atoms with Gasteiger partial charge in [0.25, 0.3) is 0 Å². The Labute approximate surface area is 161 Å². The summed E-state index contributed by atoms with van der Waals surface area (Å²) in [6.07, 6.45) is 0. The first-order chi connectivity index (χ1) is 11.9. The number of nitrogens with zero attached hydrogens (tertiary/aromatic N) is 1. The lowest BCUT2D eigenvalue weighted by molar-refractivity contribution is 0.287. The highest BCUT2D eigenvalue weighted by molar-refractivity contribution is 6.38. The van der Waals surface area contributed by atoms with Crippen LogP contribution in [0.5, 0.6) is 5.75 Å². The molecule has 0 aliphatic rings. The van der Waals surface area contributed by atoms with Gasteiger partial charge in [0.2, 0.25) is 0 Å². The number of fused-ring (bicyclic) bond motifs is 1. The fourth-order valence-corrected chi connectivity index (χ4v) is 3.24. The maximum atomic E-state index is 12.1. The molecule has 0 N–H and O–H groups in total. The molecule has 0 aliphatic heterocycles. The Bertz CT molecular complexity index is 1070. The number of benzene rings is 2. The summed E-state index contributed by atoms with van der Waals surface area (Å²) in [5.74, 6) is -0.472. The largest absolute Gasteiger partial charge is 0.490 e. The zero-order valence-corrected chi connectivity index (χ0v) is 15.4. The van der Waals surface area contributed by atoms with E-state index in [0.29, 0.717) is 15.8 Å². The molecule has 130 valence electrons. The van der Waals surface area contributed by atoms with Crippen LogP contribution < -0.4 is 16.1 Å². The molecule has 0 atom stereocenters. The minimum absolute atomic E-state index is 0.0712. The molecule has 0 aliphatic carbocycles. The summed E-state index contributed by atoms with van der Waals surface area (Å²) in [6, 6.07) is 7.61. The quantitative estimate of drug-likeness (QED) is 0.616. The molecule has 25 heavy (non-hydrogen) atoms. The van der Waals surface area contributed by atoms with Crippen molar-refractivity contribution in [2.24, 2.45) is 0 Å². The third-order valence-corrected chi connectivity index (χ3v) is 4.44. The van der Waals surface area contributed by atoms with Gasteiger partial charge in [0, 0.05) is 16.1 Å². The van der Waals surface area contributed by atoms with E-state index in [1.54, 1.807) is 18.2 Å². The van der Waals surface area contributed by atoms with Gasteiger partial charge in [-0.15, -0.1) is 0 Å². The van der Waals surface area contributed by atoms with E-state index in [1.807, 2.05) is 0 Å². The molecule has 3 rings (SSSR count). The normalized spacial score (nSPS) is 11.0. The Balaban J connectivity index is 1.95. The fraction of sp³-hybridized carbons (Fsp3) is 0.125. The van der Waals surface area contributed by atoms with E-state index in [-0.39, 0.29) is 34.1 Å². The van der Waals surface area contributed by atoms with Crippen LogP contribution in [0.25, 0.3) is 10.9 Å². The predicted octanol–water partition coefficient (Wildman–Crippen LogP) is 4.65. The summed E-state index contributed by atoms with van der Waals surface area (Å²) >= 11 is 24.0. The summed E-state index contributed by atoms with van der Waals surface area (Å²) in [4.78, 5) is 23.9. The van der Waals surface area contributed by atoms with Gasteiger partial charge >= 0.3 is 11.4 Å². The van der Waals surface area contributed by atoms with Crippen molar-refractivity contribution >= 4 is 57.3 Å². The predicted molar refractivity (Wildman–Crippen MR) is 98.7 cm³/mol. The van der Waals surface area contributed by atoms with Crippen LogP contribution in [-0.4, -0.2) is 11.2 Å². The summed E-state index contributed by atoms with van der Waals surface area (Å²) in [7, 11) is 0. The van der Waals surface area contributed by atoms with Gasteiger partial charge in [-0.2, -0.15) is 0 Å². The molecule has 9 heteroatoms. The highest BCUT2D eigenvalue weighted by atomic mass is 35.5. The number of aromatic nitrogens is 1. The first-order valence-corrected chi connectivity index (χ1v) is 8.48. The van der Waals surface area contributed by atoms with Crippen molar-refractivity contribution in [2.45, 2.75) is 6.54 Å². The summed E-state index contributed by atoms with van der Waals surface area (Å²) < 4.78 is 11.5. The molecule has 1 aromatic heterocycles. The van der Waals surface area contributed by atoms with Gasteiger partial charge in [0.05, 0.1) is 27.5 Å². The molecule has 0 fully saturated rings. The molecule has 0 bridgehead atoms. The van der Waals surface area contributed by atoms with E-state index >= 15 is 0 Å². The lowest BCUT2D eigenvalue weighted by atomic mass is 10.2. The Kier molecular flexibility index (Phi) is 5.29. The Morgan fingerprint density at radius 1 is 0.960 bits per heavy atom. The van der Waals surface area contributed by atoms with Crippen LogP contribution in [0.15, 0.2) is 44.3 Å². The molecular weight excluding hydrogens is 412 g/mol. The van der Waals surface area contributed by atoms with Crippen molar-refractivity contribution in [1.82, 2.24) is 4.57 Å². The molecule has 0 spiro atoms. The number of hydrogen-bond donors (Lipinski definition) is 0. The topological polar surface area (TPSA) is 61.4 Å². The van der Waals surface area contributed by atoms with Crippen molar-refractivity contribution < 1.29 is 9.15 Å². The molecular formula is C16H9Cl4NO4. The maximum absolute atomic E-state index is 12.1. The second-order valence-electron chi connectivity index (χ2n) is 5.01. The minimum atomic E-state index is -0.845. The van der Waals surface area contributed by atoms with Gasteiger partial charge in [-0.25, -0.2) is 9.59 Å². The lowest BCUT2D eigenvalue weighted by Crippen LogP contribution is -2.27. The zero-order chi connectivity index (χ0) is 18.1. The van der Waals surface area contributed by atoms with Crippen molar-refractivity contribution in [2.75, 3.05) is 6.61 Å². The van der Waals surface area contributed by atoms with Crippen LogP contribution in [0.4, 0.5) is 0 Å². The molecule has 0 saturated heterocycles. The second kappa shape index (κ2) is 7.30. The van der Waals surface area contributed by atoms with E-state index in [9.17, 15) is 9.59 Å².